The first-order valence-electron chi connectivity index (χ1n) is 11.6. The summed E-state index contributed by atoms with van der Waals surface area (Å²) >= 11 is 0. The van der Waals surface area contributed by atoms with Crippen LogP contribution in [0.25, 0.3) is 5.70 Å². The zero-order valence-corrected chi connectivity index (χ0v) is 19.5. The smallest absolute Gasteiger partial charge is 0.178 e. The number of benzene rings is 1. The third-order valence-electron chi connectivity index (χ3n) is 6.65. The van der Waals surface area contributed by atoms with Gasteiger partial charge < -0.3 is 20.5 Å². The molecule has 1 aliphatic carbocycles. The summed E-state index contributed by atoms with van der Waals surface area (Å²) in [5.41, 5.74) is 9.00. The van der Waals surface area contributed by atoms with Gasteiger partial charge in [0.1, 0.15) is 5.82 Å². The van der Waals surface area contributed by atoms with E-state index >= 15 is 0 Å². The summed E-state index contributed by atoms with van der Waals surface area (Å²) in [4.78, 5) is 9.57. The van der Waals surface area contributed by atoms with Crippen molar-refractivity contribution in [2.45, 2.75) is 18.8 Å². The lowest BCUT2D eigenvalue weighted by molar-refractivity contribution is 0.113. The van der Waals surface area contributed by atoms with Gasteiger partial charge in [0.2, 0.25) is 0 Å². The van der Waals surface area contributed by atoms with Crippen molar-refractivity contribution < 1.29 is 4.39 Å². The molecule has 4 aliphatic rings. The zero-order chi connectivity index (χ0) is 22.9. The van der Waals surface area contributed by atoms with Crippen molar-refractivity contribution in [3.63, 3.8) is 0 Å². The molecule has 3 aliphatic heterocycles. The lowest BCUT2D eigenvalue weighted by atomic mass is 9.91. The van der Waals surface area contributed by atoms with Crippen LogP contribution >= 0.6 is 0 Å². The van der Waals surface area contributed by atoms with Crippen LogP contribution in [0.4, 0.5) is 10.1 Å². The second-order valence-electron chi connectivity index (χ2n) is 8.89. The summed E-state index contributed by atoms with van der Waals surface area (Å²) in [7, 11) is 5.80. The molecular formula is C25H32FN7. The molecule has 1 saturated heterocycles. The number of aliphatic imine (C=N–C) groups is 1. The fourth-order valence-electron chi connectivity index (χ4n) is 4.99. The highest BCUT2D eigenvalue weighted by atomic mass is 19.1. The van der Waals surface area contributed by atoms with Crippen LogP contribution in [0.1, 0.15) is 12.0 Å². The van der Waals surface area contributed by atoms with E-state index < -0.39 is 0 Å². The van der Waals surface area contributed by atoms with Gasteiger partial charge in [-0.1, -0.05) is 18.2 Å². The topological polar surface area (TPSA) is 58.2 Å². The summed E-state index contributed by atoms with van der Waals surface area (Å²) in [5, 5.41) is 8.37. The van der Waals surface area contributed by atoms with Crippen molar-refractivity contribution in [2.24, 2.45) is 4.99 Å². The molecule has 7 nitrogen and oxygen atoms in total. The number of rotatable bonds is 4. The molecule has 3 N–H and O–H groups in total. The maximum atomic E-state index is 14.8. The molecule has 3 heterocycles. The molecule has 0 radical (unpaired) electrons. The largest absolute Gasteiger partial charge is 0.386 e. The van der Waals surface area contributed by atoms with Crippen LogP contribution in [-0.4, -0.2) is 80.7 Å². The first kappa shape index (κ1) is 21.9. The minimum Gasteiger partial charge on any atom is -0.386 e. The Hall–Kier alpha value is -2.94. The predicted molar refractivity (Wildman–Crippen MR) is 132 cm³/mol. The van der Waals surface area contributed by atoms with Crippen LogP contribution in [0, 0.1) is 5.82 Å². The van der Waals surface area contributed by atoms with Crippen molar-refractivity contribution in [1.82, 2.24) is 25.6 Å². The Kier molecular flexibility index (Phi) is 6.05. The maximum Gasteiger partial charge on any atom is 0.178 e. The van der Waals surface area contributed by atoms with E-state index in [-0.39, 0.29) is 18.1 Å². The summed E-state index contributed by atoms with van der Waals surface area (Å²) in [5.74, 6) is -0.258. The molecule has 1 aromatic rings. The summed E-state index contributed by atoms with van der Waals surface area (Å²) < 4.78 is 14.8. The lowest BCUT2D eigenvalue weighted by Crippen LogP contribution is -2.48. The Balaban J connectivity index is 1.58. The number of hydrazine groups is 1. The van der Waals surface area contributed by atoms with E-state index in [4.69, 9.17) is 4.99 Å². The first-order valence-corrected chi connectivity index (χ1v) is 11.6. The Morgan fingerprint density at radius 2 is 2.06 bits per heavy atom. The average Bonchev–Trinajstić information content (AvgIpc) is 2.99. The van der Waals surface area contributed by atoms with Crippen LogP contribution < -0.4 is 16.1 Å². The molecular weight excluding hydrogens is 417 g/mol. The number of allylic oxidation sites excluding steroid dienone is 3. The molecule has 0 aromatic heterocycles. The van der Waals surface area contributed by atoms with Gasteiger partial charge in [-0.3, -0.25) is 9.89 Å². The summed E-state index contributed by atoms with van der Waals surface area (Å²) in [6, 6.07) is 5.60. The van der Waals surface area contributed by atoms with E-state index in [0.717, 1.165) is 55.0 Å². The van der Waals surface area contributed by atoms with Gasteiger partial charge in [-0.2, -0.15) is 0 Å². The van der Waals surface area contributed by atoms with Crippen LogP contribution in [0.15, 0.2) is 64.3 Å². The number of hydrogen-bond donors (Lipinski definition) is 3. The number of nitrogens with zero attached hydrogens (tertiary/aromatic N) is 4. The normalized spacial score (nSPS) is 25.7. The van der Waals surface area contributed by atoms with Gasteiger partial charge in [-0.25, -0.2) is 9.82 Å². The second kappa shape index (κ2) is 9.13. The van der Waals surface area contributed by atoms with Crippen molar-refractivity contribution in [1.29, 1.82) is 0 Å². The fourth-order valence-corrected chi connectivity index (χ4v) is 4.99. The van der Waals surface area contributed by atoms with Crippen LogP contribution in [-0.2, 0) is 0 Å². The molecule has 33 heavy (non-hydrogen) atoms. The molecule has 5 rings (SSSR count). The molecule has 0 bridgehead atoms. The lowest BCUT2D eigenvalue weighted by Gasteiger charge is -2.40. The number of halogens is 1. The van der Waals surface area contributed by atoms with E-state index in [9.17, 15) is 4.39 Å². The highest BCUT2D eigenvalue weighted by Gasteiger charge is 2.31. The van der Waals surface area contributed by atoms with Crippen molar-refractivity contribution >= 4 is 17.6 Å². The zero-order valence-electron chi connectivity index (χ0n) is 19.5. The van der Waals surface area contributed by atoms with Gasteiger partial charge in [-0.15, -0.1) is 0 Å². The maximum absolute atomic E-state index is 14.8. The van der Waals surface area contributed by atoms with Crippen LogP contribution in [0.2, 0.25) is 0 Å². The summed E-state index contributed by atoms with van der Waals surface area (Å²) in [6.45, 7) is 3.88. The molecule has 8 heteroatoms. The molecule has 0 spiro atoms. The van der Waals surface area contributed by atoms with Gasteiger partial charge in [0.25, 0.3) is 0 Å². The molecule has 2 unspecified atom stereocenters. The molecule has 1 fully saturated rings. The van der Waals surface area contributed by atoms with E-state index in [1.807, 2.05) is 24.3 Å². The van der Waals surface area contributed by atoms with E-state index in [2.05, 4.69) is 57.3 Å². The number of anilines is 1. The van der Waals surface area contributed by atoms with Crippen LogP contribution in [0.5, 0.6) is 0 Å². The van der Waals surface area contributed by atoms with E-state index in [1.54, 1.807) is 19.2 Å². The van der Waals surface area contributed by atoms with E-state index in [0.29, 0.717) is 5.69 Å². The molecule has 0 saturated carbocycles. The number of hydrogen-bond acceptors (Lipinski definition) is 7. The third-order valence-corrected chi connectivity index (χ3v) is 6.65. The molecule has 0 amide bonds. The highest BCUT2D eigenvalue weighted by Crippen LogP contribution is 2.35. The minimum atomic E-state index is -0.258. The minimum absolute atomic E-state index is 0.116. The van der Waals surface area contributed by atoms with Gasteiger partial charge in [-0.05, 0) is 42.3 Å². The van der Waals surface area contributed by atoms with Gasteiger partial charge >= 0.3 is 0 Å². The third kappa shape index (κ3) is 4.21. The molecule has 174 valence electrons. The number of nitrogens with one attached hydrogen (secondary N) is 3. The quantitative estimate of drug-likeness (QED) is 0.656. The molecule has 1 aromatic carbocycles. The summed E-state index contributed by atoms with van der Waals surface area (Å²) in [6.07, 6.45) is 11.6. The number of fused-ring (bicyclic) bond motifs is 1. The van der Waals surface area contributed by atoms with Gasteiger partial charge in [0, 0.05) is 64.3 Å². The van der Waals surface area contributed by atoms with Gasteiger partial charge in [0.05, 0.1) is 17.4 Å². The van der Waals surface area contributed by atoms with Gasteiger partial charge in [0.15, 0.2) is 6.29 Å². The Bertz CT molecular complexity index is 1060. The van der Waals surface area contributed by atoms with E-state index in [1.165, 1.54) is 5.57 Å². The predicted octanol–water partition coefficient (Wildman–Crippen LogP) is 2.37. The van der Waals surface area contributed by atoms with Crippen molar-refractivity contribution in [3.8, 4) is 0 Å². The molecule has 2 atom stereocenters. The fraction of sp³-hybridized carbons (Fsp3) is 0.400. The second-order valence-corrected chi connectivity index (χ2v) is 8.89. The first-order chi connectivity index (χ1) is 16.0. The van der Waals surface area contributed by atoms with Crippen molar-refractivity contribution in [2.75, 3.05) is 52.6 Å². The highest BCUT2D eigenvalue weighted by molar-refractivity contribution is 5.98. The standard InChI is InChI=1S/C25H32FN7/c1-27-23-8-6-18(14-21(23)26)24-20(17-5-7-22-19(13-17)16-31(2)30-22)15-29-25(32(24)3)33-11-4-9-28-10-12-33/h5-8,13-16,22,25,27-28,30H,4,9-12H2,1-3H3. The Morgan fingerprint density at radius 3 is 2.88 bits per heavy atom. The van der Waals surface area contributed by atoms with Crippen LogP contribution in [0.3, 0.4) is 0 Å². The van der Waals surface area contributed by atoms with Crippen molar-refractivity contribution in [3.05, 3.63) is 70.7 Å². The monoisotopic (exact) mass is 449 g/mol. The SMILES string of the molecule is CNc1ccc(C2=C(C3=CC4=CN(C)NC4C=C3)C=NC(N3CCCNCC3)N2C)cc1F. The Morgan fingerprint density at radius 1 is 1.18 bits per heavy atom. The Labute approximate surface area is 195 Å². The average molecular weight is 450 g/mol.